The van der Waals surface area contributed by atoms with Gasteiger partial charge in [0.15, 0.2) is 0 Å². The second kappa shape index (κ2) is 8.13. The Labute approximate surface area is 165 Å². The van der Waals surface area contributed by atoms with Gasteiger partial charge in [-0.1, -0.05) is 78.9 Å². The number of hydrogen-bond acceptors (Lipinski definition) is 3. The van der Waals surface area contributed by atoms with Crippen molar-refractivity contribution in [2.24, 2.45) is 0 Å². The summed E-state index contributed by atoms with van der Waals surface area (Å²) in [6, 6.07) is 35.8. The molecule has 0 bridgehead atoms. The number of benzene rings is 4. The topological polar surface area (TPSA) is 43.7 Å². The predicted molar refractivity (Wildman–Crippen MR) is 116 cm³/mol. The fourth-order valence-electron chi connectivity index (χ4n) is 3.34. The van der Waals surface area contributed by atoms with E-state index >= 15 is 0 Å². The van der Waals surface area contributed by atoms with E-state index in [4.69, 9.17) is 0 Å². The van der Waals surface area contributed by atoms with Gasteiger partial charge < -0.3 is 14.9 Å². The van der Waals surface area contributed by atoms with Gasteiger partial charge in [-0.15, -0.1) is 0 Å². The van der Waals surface area contributed by atoms with Crippen molar-refractivity contribution in [3.05, 3.63) is 109 Å². The number of hydrogen-bond donors (Lipinski definition) is 2. The van der Waals surface area contributed by atoms with E-state index in [1.807, 2.05) is 91.0 Å². The maximum atomic E-state index is 9.77. The molecule has 28 heavy (non-hydrogen) atoms. The van der Waals surface area contributed by atoms with Gasteiger partial charge in [0.2, 0.25) is 0 Å². The van der Waals surface area contributed by atoms with E-state index in [2.05, 4.69) is 17.0 Å². The van der Waals surface area contributed by atoms with Crippen molar-refractivity contribution in [2.45, 2.75) is 0 Å². The third kappa shape index (κ3) is 3.69. The quantitative estimate of drug-likeness (QED) is 0.512. The van der Waals surface area contributed by atoms with Crippen LogP contribution in [0.15, 0.2) is 109 Å². The highest BCUT2D eigenvalue weighted by atomic mass is 16.4. The van der Waals surface area contributed by atoms with Crippen molar-refractivity contribution in [3.8, 4) is 11.1 Å². The normalized spacial score (nSPS) is 10.5. The molecule has 0 radical (unpaired) electrons. The maximum absolute atomic E-state index is 9.77. The molecule has 3 nitrogen and oxygen atoms in total. The van der Waals surface area contributed by atoms with E-state index in [0.29, 0.717) is 5.46 Å². The lowest BCUT2D eigenvalue weighted by molar-refractivity contribution is 0.426. The zero-order valence-electron chi connectivity index (χ0n) is 15.3. The lowest BCUT2D eigenvalue weighted by Gasteiger charge is -2.28. The molecule has 4 aromatic rings. The SMILES string of the molecule is OB(O)c1ccc(-c2ccccc2)c(N(c2ccccc2)c2ccccc2)c1. The van der Waals surface area contributed by atoms with Crippen molar-refractivity contribution in [2.75, 3.05) is 4.90 Å². The van der Waals surface area contributed by atoms with Crippen LogP contribution in [0.2, 0.25) is 0 Å². The molecule has 0 spiro atoms. The second-order valence-corrected chi connectivity index (χ2v) is 6.52. The highest BCUT2D eigenvalue weighted by Gasteiger charge is 2.20. The van der Waals surface area contributed by atoms with Crippen molar-refractivity contribution in [3.63, 3.8) is 0 Å². The first-order chi connectivity index (χ1) is 13.7. The predicted octanol–water partition coefficient (Wildman–Crippen LogP) is 4.50. The standard InChI is InChI=1S/C24H20BNO2/c27-25(28)20-16-17-23(19-10-4-1-5-11-19)24(18-20)26(21-12-6-2-7-13-21)22-14-8-3-9-15-22/h1-18,27-28H. The summed E-state index contributed by atoms with van der Waals surface area (Å²) in [7, 11) is -1.53. The van der Waals surface area contributed by atoms with Crippen LogP contribution in [-0.4, -0.2) is 17.2 Å². The van der Waals surface area contributed by atoms with Gasteiger partial charge in [-0.2, -0.15) is 0 Å². The molecule has 2 N–H and O–H groups in total. The van der Waals surface area contributed by atoms with Gasteiger partial charge in [0, 0.05) is 16.9 Å². The molecule has 4 heteroatoms. The Balaban J connectivity index is 1.98. The van der Waals surface area contributed by atoms with Crippen LogP contribution < -0.4 is 10.4 Å². The van der Waals surface area contributed by atoms with E-state index < -0.39 is 7.12 Å². The lowest BCUT2D eigenvalue weighted by Crippen LogP contribution is -2.30. The van der Waals surface area contributed by atoms with Crippen molar-refractivity contribution in [1.29, 1.82) is 0 Å². The zero-order valence-corrected chi connectivity index (χ0v) is 15.3. The van der Waals surface area contributed by atoms with E-state index in [-0.39, 0.29) is 0 Å². The van der Waals surface area contributed by atoms with Crippen LogP contribution in [0.1, 0.15) is 0 Å². The van der Waals surface area contributed by atoms with Crippen LogP contribution in [0.5, 0.6) is 0 Å². The summed E-state index contributed by atoms with van der Waals surface area (Å²) in [5.74, 6) is 0. The molecular weight excluding hydrogens is 345 g/mol. The van der Waals surface area contributed by atoms with E-state index in [0.717, 1.165) is 28.2 Å². The van der Waals surface area contributed by atoms with E-state index in [9.17, 15) is 10.0 Å². The molecule has 0 fully saturated rings. The monoisotopic (exact) mass is 365 g/mol. The first-order valence-electron chi connectivity index (χ1n) is 9.20. The summed E-state index contributed by atoms with van der Waals surface area (Å²) in [6.45, 7) is 0. The first-order valence-corrected chi connectivity index (χ1v) is 9.20. The summed E-state index contributed by atoms with van der Waals surface area (Å²) < 4.78 is 0. The Morgan fingerprint density at radius 1 is 0.571 bits per heavy atom. The minimum absolute atomic E-state index is 0.451. The fourth-order valence-corrected chi connectivity index (χ4v) is 3.34. The Hall–Kier alpha value is -3.34. The van der Waals surface area contributed by atoms with Crippen molar-refractivity contribution in [1.82, 2.24) is 0 Å². The first kappa shape index (κ1) is 18.0. The highest BCUT2D eigenvalue weighted by molar-refractivity contribution is 6.58. The molecule has 0 amide bonds. The largest absolute Gasteiger partial charge is 0.488 e. The molecule has 0 saturated carbocycles. The van der Waals surface area contributed by atoms with Crippen LogP contribution in [0, 0.1) is 0 Å². The molecule has 4 rings (SSSR count). The average Bonchev–Trinajstić information content (AvgIpc) is 2.76. The Bertz CT molecular complexity index is 998. The van der Waals surface area contributed by atoms with Crippen LogP contribution in [0.25, 0.3) is 11.1 Å². The summed E-state index contributed by atoms with van der Waals surface area (Å²) in [4.78, 5) is 2.13. The molecule has 4 aromatic carbocycles. The lowest BCUT2D eigenvalue weighted by atomic mass is 9.79. The summed E-state index contributed by atoms with van der Waals surface area (Å²) >= 11 is 0. The Morgan fingerprint density at radius 3 is 1.57 bits per heavy atom. The molecule has 0 aromatic heterocycles. The smallest absolute Gasteiger partial charge is 0.423 e. The van der Waals surface area contributed by atoms with Gasteiger partial charge in [-0.05, 0) is 41.4 Å². The summed E-state index contributed by atoms with van der Waals surface area (Å²) in [5, 5.41) is 19.5. The van der Waals surface area contributed by atoms with Gasteiger partial charge in [-0.25, -0.2) is 0 Å². The minimum Gasteiger partial charge on any atom is -0.423 e. The highest BCUT2D eigenvalue weighted by Crippen LogP contribution is 2.39. The third-order valence-electron chi connectivity index (χ3n) is 4.67. The number of rotatable bonds is 5. The van der Waals surface area contributed by atoms with Gasteiger partial charge in [0.05, 0.1) is 5.69 Å². The molecule has 0 saturated heterocycles. The average molecular weight is 365 g/mol. The van der Waals surface area contributed by atoms with Gasteiger partial charge in [-0.3, -0.25) is 0 Å². The molecule has 0 aliphatic carbocycles. The molecule has 0 aliphatic heterocycles. The summed E-state index contributed by atoms with van der Waals surface area (Å²) in [6.07, 6.45) is 0. The van der Waals surface area contributed by atoms with Gasteiger partial charge >= 0.3 is 7.12 Å². The van der Waals surface area contributed by atoms with Gasteiger partial charge in [0.1, 0.15) is 0 Å². The number of nitrogens with zero attached hydrogens (tertiary/aromatic N) is 1. The van der Waals surface area contributed by atoms with E-state index in [1.165, 1.54) is 0 Å². The minimum atomic E-state index is -1.53. The van der Waals surface area contributed by atoms with Crippen LogP contribution >= 0.6 is 0 Å². The van der Waals surface area contributed by atoms with Crippen molar-refractivity contribution < 1.29 is 10.0 Å². The molecule has 0 unspecified atom stereocenters. The molecule has 0 heterocycles. The Morgan fingerprint density at radius 2 is 1.07 bits per heavy atom. The number of anilines is 3. The van der Waals surface area contributed by atoms with E-state index in [1.54, 1.807) is 6.07 Å². The Kier molecular flexibility index (Phi) is 5.24. The summed E-state index contributed by atoms with van der Waals surface area (Å²) in [5.41, 5.74) is 5.40. The molecule has 0 atom stereocenters. The molecule has 0 aliphatic rings. The number of para-hydroxylation sites is 2. The van der Waals surface area contributed by atoms with Crippen LogP contribution in [0.3, 0.4) is 0 Å². The fraction of sp³-hybridized carbons (Fsp3) is 0. The van der Waals surface area contributed by atoms with Crippen LogP contribution in [-0.2, 0) is 0 Å². The van der Waals surface area contributed by atoms with Crippen molar-refractivity contribution >= 4 is 29.6 Å². The maximum Gasteiger partial charge on any atom is 0.488 e. The van der Waals surface area contributed by atoms with Gasteiger partial charge in [0.25, 0.3) is 0 Å². The third-order valence-corrected chi connectivity index (χ3v) is 4.67. The van der Waals surface area contributed by atoms with Crippen LogP contribution in [0.4, 0.5) is 17.1 Å². The zero-order chi connectivity index (χ0) is 19.3. The second-order valence-electron chi connectivity index (χ2n) is 6.52. The molecule has 136 valence electrons. The molecular formula is C24H20BNO2.